The van der Waals surface area contributed by atoms with Crippen molar-refractivity contribution < 1.29 is 34.2 Å². The number of allylic oxidation sites excluding steroid dienone is 1. The van der Waals surface area contributed by atoms with Gasteiger partial charge in [-0.3, -0.25) is 14.4 Å². The van der Waals surface area contributed by atoms with Crippen molar-refractivity contribution >= 4 is 17.9 Å². The Balaban J connectivity index is 5.12. The third kappa shape index (κ3) is 14.8. The molecule has 0 aromatic heterocycles. The summed E-state index contributed by atoms with van der Waals surface area (Å²) >= 11 is 0. The van der Waals surface area contributed by atoms with Crippen molar-refractivity contribution in [2.24, 2.45) is 17.8 Å². The molecule has 0 radical (unpaired) electrons. The number of quaternary nitrogens is 1. The van der Waals surface area contributed by atoms with Crippen molar-refractivity contribution in [1.82, 2.24) is 0 Å². The number of carbonyl (C=O) groups is 3. The standard InChI is InChI=1S/C26H47NO6/c1-5-6-7-8-9-10-11-12-13-17-27(18-14-21(2)24(28)29,19-15-22(3)25(30)31)20-16-23(4)26(32)33/h5,21-23H,1,6-20H2,2-4H3,(H2-,28,29,30,31,32,33)/p+1. The molecule has 0 rings (SSSR count). The summed E-state index contributed by atoms with van der Waals surface area (Å²) in [5, 5.41) is 28.0. The zero-order valence-corrected chi connectivity index (χ0v) is 21.1. The number of rotatable bonds is 22. The highest BCUT2D eigenvalue weighted by molar-refractivity contribution is 5.70. The van der Waals surface area contributed by atoms with Gasteiger partial charge in [-0.05, 0) is 25.7 Å². The predicted octanol–water partition coefficient (Wildman–Crippen LogP) is 5.44. The number of carboxylic acids is 3. The second-order valence-corrected chi connectivity index (χ2v) is 9.87. The molecule has 0 fully saturated rings. The van der Waals surface area contributed by atoms with Crippen LogP contribution in [0.1, 0.15) is 91.4 Å². The van der Waals surface area contributed by atoms with Crippen molar-refractivity contribution in [2.75, 3.05) is 26.2 Å². The van der Waals surface area contributed by atoms with E-state index in [1.807, 2.05) is 6.08 Å². The number of nitrogens with zero attached hydrogens (tertiary/aromatic N) is 1. The van der Waals surface area contributed by atoms with Crippen molar-refractivity contribution in [2.45, 2.75) is 91.4 Å². The van der Waals surface area contributed by atoms with Crippen molar-refractivity contribution in [1.29, 1.82) is 0 Å². The Hall–Kier alpha value is -1.89. The third-order valence-corrected chi connectivity index (χ3v) is 6.91. The molecule has 0 aliphatic rings. The lowest BCUT2D eigenvalue weighted by Gasteiger charge is -2.40. The number of carboxylic acid groups (broad SMARTS) is 3. The fourth-order valence-corrected chi connectivity index (χ4v) is 4.06. The summed E-state index contributed by atoms with van der Waals surface area (Å²) in [6.07, 6.45) is 12.6. The van der Waals surface area contributed by atoms with E-state index in [1.165, 1.54) is 25.7 Å². The number of hydrogen-bond donors (Lipinski definition) is 3. The lowest BCUT2D eigenvalue weighted by Crippen LogP contribution is -2.52. The van der Waals surface area contributed by atoms with Crippen LogP contribution in [0.15, 0.2) is 12.7 Å². The van der Waals surface area contributed by atoms with E-state index in [2.05, 4.69) is 6.58 Å². The summed E-state index contributed by atoms with van der Waals surface area (Å²) in [6, 6.07) is 0. The molecule has 7 nitrogen and oxygen atoms in total. The van der Waals surface area contributed by atoms with Crippen LogP contribution >= 0.6 is 0 Å². The largest absolute Gasteiger partial charge is 0.481 e. The first-order chi connectivity index (χ1) is 15.5. The second-order valence-electron chi connectivity index (χ2n) is 9.87. The van der Waals surface area contributed by atoms with Crippen LogP contribution in [0.2, 0.25) is 0 Å². The Kier molecular flexibility index (Phi) is 16.6. The second kappa shape index (κ2) is 17.6. The summed E-state index contributed by atoms with van der Waals surface area (Å²) in [6.45, 7) is 11.6. The molecule has 0 aliphatic heterocycles. The van der Waals surface area contributed by atoms with Gasteiger partial charge < -0.3 is 19.8 Å². The van der Waals surface area contributed by atoms with E-state index >= 15 is 0 Å². The van der Waals surface area contributed by atoms with Crippen molar-refractivity contribution in [3.8, 4) is 0 Å². The van der Waals surface area contributed by atoms with Crippen LogP contribution < -0.4 is 0 Å². The molecule has 3 unspecified atom stereocenters. The average molecular weight is 471 g/mol. The smallest absolute Gasteiger partial charge is 0.306 e. The quantitative estimate of drug-likeness (QED) is 0.110. The molecule has 0 heterocycles. The van der Waals surface area contributed by atoms with Gasteiger partial charge in [0.2, 0.25) is 0 Å². The van der Waals surface area contributed by atoms with Gasteiger partial charge in [-0.2, -0.15) is 0 Å². The minimum Gasteiger partial charge on any atom is -0.481 e. The van der Waals surface area contributed by atoms with Gasteiger partial charge in [0.05, 0.1) is 43.9 Å². The molecule has 33 heavy (non-hydrogen) atoms. The van der Waals surface area contributed by atoms with Gasteiger partial charge in [-0.15, -0.1) is 6.58 Å². The summed E-state index contributed by atoms with van der Waals surface area (Å²) in [5.74, 6) is -3.93. The summed E-state index contributed by atoms with van der Waals surface area (Å²) in [7, 11) is 0. The number of hydrogen-bond acceptors (Lipinski definition) is 3. The summed E-state index contributed by atoms with van der Waals surface area (Å²) in [4.78, 5) is 34.2. The monoisotopic (exact) mass is 470 g/mol. The van der Waals surface area contributed by atoms with E-state index in [-0.39, 0.29) is 0 Å². The van der Waals surface area contributed by atoms with Gasteiger partial charge in [-0.1, -0.05) is 52.5 Å². The minimum absolute atomic E-state index is 0.480. The molecular weight excluding hydrogens is 422 g/mol. The molecule has 0 spiro atoms. The Labute approximate surface area is 200 Å². The van der Waals surface area contributed by atoms with Crippen LogP contribution in [-0.2, 0) is 14.4 Å². The highest BCUT2D eigenvalue weighted by atomic mass is 16.4. The van der Waals surface area contributed by atoms with Crippen LogP contribution in [0.25, 0.3) is 0 Å². The lowest BCUT2D eigenvalue weighted by atomic mass is 10.0. The van der Waals surface area contributed by atoms with E-state index in [0.717, 1.165) is 32.2 Å². The molecule has 0 aliphatic carbocycles. The van der Waals surface area contributed by atoms with E-state index < -0.39 is 35.7 Å². The van der Waals surface area contributed by atoms with Gasteiger partial charge in [0.1, 0.15) is 0 Å². The van der Waals surface area contributed by atoms with E-state index in [4.69, 9.17) is 0 Å². The summed E-state index contributed by atoms with van der Waals surface area (Å²) < 4.78 is 0.603. The van der Waals surface area contributed by atoms with Gasteiger partial charge in [0.25, 0.3) is 0 Å². The highest BCUT2D eigenvalue weighted by Gasteiger charge is 2.31. The van der Waals surface area contributed by atoms with Crippen LogP contribution in [0.3, 0.4) is 0 Å². The van der Waals surface area contributed by atoms with Crippen LogP contribution in [-0.4, -0.2) is 63.9 Å². The third-order valence-electron chi connectivity index (χ3n) is 6.91. The van der Waals surface area contributed by atoms with Crippen molar-refractivity contribution in [3.05, 3.63) is 12.7 Å². The van der Waals surface area contributed by atoms with Crippen LogP contribution in [0.5, 0.6) is 0 Å². The number of unbranched alkanes of at least 4 members (excludes halogenated alkanes) is 7. The molecular formula is C26H48NO6+. The molecule has 0 amide bonds. The number of aliphatic carboxylic acids is 3. The van der Waals surface area contributed by atoms with E-state index in [9.17, 15) is 29.7 Å². The molecule has 192 valence electrons. The zero-order chi connectivity index (χ0) is 25.3. The Morgan fingerprint density at radius 1 is 0.636 bits per heavy atom. The molecule has 0 aromatic carbocycles. The fraction of sp³-hybridized carbons (Fsp3) is 0.808. The molecule has 7 heteroatoms. The lowest BCUT2D eigenvalue weighted by molar-refractivity contribution is -0.929. The van der Waals surface area contributed by atoms with Crippen molar-refractivity contribution in [3.63, 3.8) is 0 Å². The average Bonchev–Trinajstić information content (AvgIpc) is 2.77. The molecule has 0 saturated heterocycles. The molecule has 0 bridgehead atoms. The van der Waals surface area contributed by atoms with Gasteiger partial charge in [0, 0.05) is 19.3 Å². The van der Waals surface area contributed by atoms with Crippen LogP contribution in [0, 0.1) is 17.8 Å². The SMILES string of the molecule is C=CCCCCCCCCC[N+](CCC(C)C(=O)O)(CCC(C)C(=O)O)CCC(C)C(=O)O. The maximum absolute atomic E-state index is 11.4. The van der Waals surface area contributed by atoms with E-state index in [0.29, 0.717) is 43.4 Å². The van der Waals surface area contributed by atoms with Gasteiger partial charge in [-0.25, -0.2) is 0 Å². The fourth-order valence-electron chi connectivity index (χ4n) is 4.06. The summed E-state index contributed by atoms with van der Waals surface area (Å²) in [5.41, 5.74) is 0. The van der Waals surface area contributed by atoms with Gasteiger partial charge >= 0.3 is 17.9 Å². The topological polar surface area (TPSA) is 112 Å². The highest BCUT2D eigenvalue weighted by Crippen LogP contribution is 2.22. The molecule has 3 atom stereocenters. The minimum atomic E-state index is -0.831. The Bertz CT molecular complexity index is 532. The molecule has 3 N–H and O–H groups in total. The molecule has 0 saturated carbocycles. The first-order valence-corrected chi connectivity index (χ1v) is 12.7. The van der Waals surface area contributed by atoms with Crippen LogP contribution in [0.4, 0.5) is 0 Å². The zero-order valence-electron chi connectivity index (χ0n) is 21.1. The maximum atomic E-state index is 11.4. The first kappa shape index (κ1) is 31.1. The Morgan fingerprint density at radius 3 is 1.30 bits per heavy atom. The predicted molar refractivity (Wildman–Crippen MR) is 131 cm³/mol. The van der Waals surface area contributed by atoms with E-state index in [1.54, 1.807) is 20.8 Å². The van der Waals surface area contributed by atoms with Gasteiger partial charge in [0.15, 0.2) is 0 Å². The first-order valence-electron chi connectivity index (χ1n) is 12.7. The normalized spacial score (nSPS) is 15.8. The Morgan fingerprint density at radius 2 is 0.970 bits per heavy atom. The maximum Gasteiger partial charge on any atom is 0.306 e. The molecule has 0 aromatic rings.